The lowest BCUT2D eigenvalue weighted by atomic mass is 10.2. The zero-order chi connectivity index (χ0) is 18.6. The fourth-order valence-corrected chi connectivity index (χ4v) is 2.75. The van der Waals surface area contributed by atoms with E-state index in [2.05, 4.69) is 5.32 Å². The molecule has 2 rings (SSSR count). The maximum atomic E-state index is 11.9. The van der Waals surface area contributed by atoms with E-state index < -0.39 is 35.5 Å². The lowest BCUT2D eigenvalue weighted by Crippen LogP contribution is -2.45. The van der Waals surface area contributed by atoms with E-state index >= 15 is 0 Å². The molecule has 1 aromatic carbocycles. The highest BCUT2D eigenvalue weighted by molar-refractivity contribution is 6.61. The smallest absolute Gasteiger partial charge is 0.408 e. The van der Waals surface area contributed by atoms with Crippen molar-refractivity contribution in [2.75, 3.05) is 13.1 Å². The Balaban J connectivity index is 2.06. The monoisotopic (exact) mass is 370 g/mol. The Morgan fingerprint density at radius 1 is 1.28 bits per heavy atom. The Bertz CT molecular complexity index is 605. The fourth-order valence-electron chi connectivity index (χ4n) is 2.67. The van der Waals surface area contributed by atoms with Gasteiger partial charge in [-0.2, -0.15) is 0 Å². The Morgan fingerprint density at radius 2 is 1.92 bits per heavy atom. The van der Waals surface area contributed by atoms with Crippen molar-refractivity contribution in [3.05, 3.63) is 35.9 Å². The third-order valence-corrected chi connectivity index (χ3v) is 3.73. The van der Waals surface area contributed by atoms with Gasteiger partial charge in [0.15, 0.2) is 6.23 Å². The maximum Gasteiger partial charge on any atom is 0.408 e. The first kappa shape index (κ1) is 19.5. The van der Waals surface area contributed by atoms with Gasteiger partial charge < -0.3 is 19.9 Å². The number of aliphatic hydroxyl groups excluding tert-OH is 1. The number of aliphatic hydroxyl groups is 1. The number of hydrogen-bond acceptors (Lipinski definition) is 6. The highest BCUT2D eigenvalue weighted by Crippen LogP contribution is 2.27. The van der Waals surface area contributed by atoms with E-state index in [9.17, 15) is 14.7 Å². The first-order chi connectivity index (χ1) is 11.7. The minimum Gasteiger partial charge on any atom is -0.444 e. The molecule has 3 atom stereocenters. The van der Waals surface area contributed by atoms with Crippen LogP contribution in [0, 0.1) is 0 Å². The van der Waals surface area contributed by atoms with Gasteiger partial charge in [0.1, 0.15) is 5.60 Å². The molecule has 0 bridgehead atoms. The van der Waals surface area contributed by atoms with E-state index in [0.717, 1.165) is 5.56 Å². The van der Waals surface area contributed by atoms with Gasteiger partial charge >= 0.3 is 11.5 Å². The van der Waals surface area contributed by atoms with Gasteiger partial charge in [-0.3, -0.25) is 4.90 Å². The SMILES string of the molecule is CC(C)(C)OC(=O)NC1CN(C(OC(=O)Cl)c2ccccc2)CC1O. The molecule has 1 fully saturated rings. The van der Waals surface area contributed by atoms with Gasteiger partial charge in [-0.05, 0) is 20.8 Å². The second-order valence-electron chi connectivity index (χ2n) is 6.89. The van der Waals surface area contributed by atoms with Crippen molar-refractivity contribution in [2.24, 2.45) is 0 Å². The van der Waals surface area contributed by atoms with Gasteiger partial charge in [-0.1, -0.05) is 30.3 Å². The van der Waals surface area contributed by atoms with Gasteiger partial charge in [-0.15, -0.1) is 0 Å². The fraction of sp³-hybridized carbons (Fsp3) is 0.529. The molecular weight excluding hydrogens is 348 g/mol. The number of β-amino-alcohol motifs (C(OH)–C–C–N with tert-alkyl or cyclic N) is 1. The summed E-state index contributed by atoms with van der Waals surface area (Å²) in [5.41, 5.74) is -0.845. The molecule has 0 spiro atoms. The summed E-state index contributed by atoms with van der Waals surface area (Å²) in [6, 6.07) is 8.52. The molecule has 0 radical (unpaired) electrons. The van der Waals surface area contributed by atoms with Crippen molar-refractivity contribution in [1.82, 2.24) is 10.2 Å². The summed E-state index contributed by atoms with van der Waals surface area (Å²) < 4.78 is 10.4. The molecule has 1 saturated heterocycles. The van der Waals surface area contributed by atoms with Crippen LogP contribution in [0.25, 0.3) is 0 Å². The Kier molecular flexibility index (Phi) is 6.26. The summed E-state index contributed by atoms with van der Waals surface area (Å²) in [6.07, 6.45) is -2.18. The van der Waals surface area contributed by atoms with E-state index in [1.807, 2.05) is 18.2 Å². The highest BCUT2D eigenvalue weighted by atomic mass is 35.5. The van der Waals surface area contributed by atoms with Crippen molar-refractivity contribution in [3.63, 3.8) is 0 Å². The zero-order valence-electron chi connectivity index (χ0n) is 14.4. The largest absolute Gasteiger partial charge is 0.444 e. The predicted octanol–water partition coefficient (Wildman–Crippen LogP) is 2.63. The molecule has 25 heavy (non-hydrogen) atoms. The number of hydrogen-bond donors (Lipinski definition) is 2. The van der Waals surface area contributed by atoms with Crippen LogP contribution < -0.4 is 5.32 Å². The molecule has 1 aromatic rings. The maximum absolute atomic E-state index is 11.9. The van der Waals surface area contributed by atoms with E-state index in [-0.39, 0.29) is 13.1 Å². The van der Waals surface area contributed by atoms with E-state index in [1.165, 1.54) is 0 Å². The summed E-state index contributed by atoms with van der Waals surface area (Å²) >= 11 is 5.39. The van der Waals surface area contributed by atoms with E-state index in [1.54, 1.807) is 37.8 Å². The van der Waals surface area contributed by atoms with Crippen molar-refractivity contribution < 1.29 is 24.2 Å². The van der Waals surface area contributed by atoms with E-state index in [4.69, 9.17) is 21.1 Å². The number of amides is 1. The van der Waals surface area contributed by atoms with Gasteiger partial charge in [0, 0.05) is 30.3 Å². The number of carbonyl (C=O) groups is 2. The van der Waals surface area contributed by atoms with Crippen LogP contribution in [-0.2, 0) is 9.47 Å². The number of benzene rings is 1. The molecule has 3 unspecified atom stereocenters. The summed E-state index contributed by atoms with van der Waals surface area (Å²) in [5.74, 6) is 0. The zero-order valence-corrected chi connectivity index (χ0v) is 15.2. The molecule has 0 aliphatic carbocycles. The lowest BCUT2D eigenvalue weighted by molar-refractivity contribution is 0.00267. The summed E-state index contributed by atoms with van der Waals surface area (Å²) in [7, 11) is 0. The number of alkyl carbamates (subject to hydrolysis) is 1. The average Bonchev–Trinajstić information content (AvgIpc) is 2.84. The number of nitrogens with one attached hydrogen (secondary N) is 1. The molecule has 8 heteroatoms. The topological polar surface area (TPSA) is 88.1 Å². The second-order valence-corrected chi connectivity index (χ2v) is 7.20. The van der Waals surface area contributed by atoms with Crippen LogP contribution in [0.2, 0.25) is 0 Å². The molecular formula is C17H23ClN2O5. The van der Waals surface area contributed by atoms with Crippen LogP contribution in [0.15, 0.2) is 30.3 Å². The molecule has 0 saturated carbocycles. The molecule has 0 aromatic heterocycles. The van der Waals surface area contributed by atoms with E-state index in [0.29, 0.717) is 0 Å². The normalized spacial score (nSPS) is 22.3. The summed E-state index contributed by atoms with van der Waals surface area (Å²) in [4.78, 5) is 24.9. The average molecular weight is 371 g/mol. The minimum atomic E-state index is -0.938. The standard InChI is InChI=1S/C17H23ClN2O5/c1-17(2,3)25-16(23)19-12-9-20(10-13(12)21)14(24-15(18)22)11-7-5-4-6-8-11/h4-8,12-14,21H,9-10H2,1-3H3,(H,19,23). The van der Waals surface area contributed by atoms with Crippen LogP contribution >= 0.6 is 11.6 Å². The number of carbonyl (C=O) groups excluding carboxylic acids is 2. The van der Waals surface area contributed by atoms with Gasteiger partial charge in [-0.25, -0.2) is 9.59 Å². The quantitative estimate of drug-likeness (QED) is 0.792. The first-order valence-electron chi connectivity index (χ1n) is 7.98. The number of ether oxygens (including phenoxy) is 2. The number of rotatable bonds is 4. The molecule has 1 aliphatic rings. The van der Waals surface area contributed by atoms with Crippen LogP contribution in [0.3, 0.4) is 0 Å². The molecule has 1 amide bonds. The molecule has 1 heterocycles. The van der Waals surface area contributed by atoms with Gasteiger partial charge in [0.2, 0.25) is 0 Å². The van der Waals surface area contributed by atoms with Crippen LogP contribution in [0.4, 0.5) is 9.59 Å². The van der Waals surface area contributed by atoms with Crippen LogP contribution in [0.1, 0.15) is 32.6 Å². The number of likely N-dealkylation sites (tertiary alicyclic amines) is 1. The Hall–Kier alpha value is -1.83. The summed E-state index contributed by atoms with van der Waals surface area (Å²) in [6.45, 7) is 5.77. The van der Waals surface area contributed by atoms with Gasteiger partial charge in [0.05, 0.1) is 12.1 Å². The third kappa shape index (κ3) is 5.88. The van der Waals surface area contributed by atoms with Gasteiger partial charge in [0.25, 0.3) is 0 Å². The van der Waals surface area contributed by atoms with Crippen molar-refractivity contribution in [1.29, 1.82) is 0 Å². The number of nitrogens with zero attached hydrogens (tertiary/aromatic N) is 1. The van der Waals surface area contributed by atoms with Crippen LogP contribution in [0.5, 0.6) is 0 Å². The predicted molar refractivity (Wildman–Crippen MR) is 92.3 cm³/mol. The molecule has 138 valence electrons. The molecule has 1 aliphatic heterocycles. The lowest BCUT2D eigenvalue weighted by Gasteiger charge is -2.27. The van der Waals surface area contributed by atoms with Crippen molar-refractivity contribution >= 4 is 23.1 Å². The van der Waals surface area contributed by atoms with Crippen molar-refractivity contribution in [3.8, 4) is 0 Å². The number of halogens is 1. The minimum absolute atomic E-state index is 0.212. The molecule has 7 nitrogen and oxygen atoms in total. The third-order valence-electron chi connectivity index (χ3n) is 3.64. The van der Waals surface area contributed by atoms with Crippen molar-refractivity contribution in [2.45, 2.75) is 44.7 Å². The second kappa shape index (κ2) is 8.03. The highest BCUT2D eigenvalue weighted by Gasteiger charge is 2.38. The Morgan fingerprint density at radius 3 is 2.48 bits per heavy atom. The Labute approximate surface area is 151 Å². The van der Waals surface area contributed by atoms with Crippen LogP contribution in [-0.4, -0.2) is 52.4 Å². The molecule has 2 N–H and O–H groups in total. The first-order valence-corrected chi connectivity index (χ1v) is 8.36. The summed E-state index contributed by atoms with van der Waals surface area (Å²) in [5, 5.41) is 12.9.